The molecule has 0 fully saturated rings. The molecule has 4 heteroatoms. The van der Waals surface area contributed by atoms with Crippen LogP contribution in [0.5, 0.6) is 0 Å². The van der Waals surface area contributed by atoms with Gasteiger partial charge in [-0.05, 0) is 104 Å². The molecule has 0 aliphatic rings. The minimum absolute atomic E-state index is 1.04. The summed E-state index contributed by atoms with van der Waals surface area (Å²) in [6.07, 6.45) is 0. The molecule has 0 bridgehead atoms. The molecule has 10 aromatic carbocycles. The van der Waals surface area contributed by atoms with Crippen LogP contribution in [0.2, 0.25) is 0 Å². The second-order valence-electron chi connectivity index (χ2n) is 15.9. The zero-order valence-corrected chi connectivity index (χ0v) is 35.8. The van der Waals surface area contributed by atoms with E-state index in [1.807, 2.05) is 11.3 Å². The Kier molecular flexibility index (Phi) is 9.25. The van der Waals surface area contributed by atoms with Gasteiger partial charge in [0.1, 0.15) is 5.01 Å². The monoisotopic (exact) mass is 838 g/mol. The number of nitrogens with zero attached hydrogens (tertiary/aromatic N) is 2. The fraction of sp³-hybridized carbons (Fsp3) is 0. The van der Waals surface area contributed by atoms with Gasteiger partial charge in [0.05, 0.1) is 10.2 Å². The summed E-state index contributed by atoms with van der Waals surface area (Å²) in [7, 11) is 0. The van der Waals surface area contributed by atoms with E-state index in [1.165, 1.54) is 80.2 Å². The van der Waals surface area contributed by atoms with E-state index in [0.29, 0.717) is 0 Å². The molecular formula is C59H38N2S2. The first-order valence-corrected chi connectivity index (χ1v) is 22.9. The average Bonchev–Trinajstić information content (AvgIpc) is 3.96. The maximum Gasteiger partial charge on any atom is 0.124 e. The molecule has 0 radical (unpaired) electrons. The highest BCUT2D eigenvalue weighted by Crippen LogP contribution is 2.48. The number of thiazole rings is 1. The molecule has 0 amide bonds. The summed E-state index contributed by atoms with van der Waals surface area (Å²) < 4.78 is 3.76. The number of fused-ring (bicyclic) bond motifs is 5. The number of rotatable bonds is 8. The number of hydrogen-bond acceptors (Lipinski definition) is 4. The molecule has 0 atom stereocenters. The van der Waals surface area contributed by atoms with Gasteiger partial charge in [-0.3, -0.25) is 0 Å². The van der Waals surface area contributed by atoms with Crippen molar-refractivity contribution < 1.29 is 0 Å². The van der Waals surface area contributed by atoms with Crippen LogP contribution in [0.15, 0.2) is 231 Å². The highest BCUT2D eigenvalue weighted by molar-refractivity contribution is 7.26. The highest BCUT2D eigenvalue weighted by Gasteiger charge is 2.21. The van der Waals surface area contributed by atoms with Gasteiger partial charge < -0.3 is 4.90 Å². The van der Waals surface area contributed by atoms with Gasteiger partial charge in [-0.1, -0.05) is 176 Å². The first-order chi connectivity index (χ1) is 31.2. The lowest BCUT2D eigenvalue weighted by Crippen LogP contribution is -2.10. The van der Waals surface area contributed by atoms with E-state index in [1.54, 1.807) is 11.3 Å². The molecule has 0 aliphatic heterocycles. The van der Waals surface area contributed by atoms with Crippen LogP contribution in [0, 0.1) is 0 Å². The van der Waals surface area contributed by atoms with Gasteiger partial charge in [0.15, 0.2) is 0 Å². The summed E-state index contributed by atoms with van der Waals surface area (Å²) in [4.78, 5) is 7.65. The van der Waals surface area contributed by atoms with Crippen molar-refractivity contribution in [2.75, 3.05) is 4.90 Å². The summed E-state index contributed by atoms with van der Waals surface area (Å²) in [6, 6.07) is 83.6. The van der Waals surface area contributed by atoms with Crippen molar-refractivity contribution in [3.05, 3.63) is 231 Å². The van der Waals surface area contributed by atoms with Crippen LogP contribution in [0.4, 0.5) is 17.1 Å². The average molecular weight is 839 g/mol. The molecule has 296 valence electrons. The van der Waals surface area contributed by atoms with E-state index < -0.39 is 0 Å². The Morgan fingerprint density at radius 2 is 0.984 bits per heavy atom. The van der Waals surface area contributed by atoms with E-state index in [4.69, 9.17) is 4.98 Å². The van der Waals surface area contributed by atoms with E-state index >= 15 is 0 Å². The lowest BCUT2D eigenvalue weighted by Gasteiger charge is -2.27. The Balaban J connectivity index is 1.05. The molecule has 12 aromatic rings. The number of anilines is 3. The standard InChI is InChI=1S/C59H38N2S2/c1-4-15-39(16-5-1)45-23-14-24-48(36-45)61(49-33-34-50(52(37-49)41-18-6-2-7-19-41)46-28-27-40-17-10-11-22-44(40)35-46)47-31-29-42(30-32-47)56-57-51-25-12-13-26-54(51)62-55(57)38-53-58(56)63-59(60-53)43-20-8-3-9-21-43/h1-38H. The molecule has 0 aliphatic carbocycles. The van der Waals surface area contributed by atoms with Crippen molar-refractivity contribution in [2.45, 2.75) is 0 Å². The zero-order chi connectivity index (χ0) is 41.7. The minimum atomic E-state index is 1.04. The summed E-state index contributed by atoms with van der Waals surface area (Å²) in [5, 5.41) is 6.09. The molecule has 2 heterocycles. The van der Waals surface area contributed by atoms with Gasteiger partial charge in [-0.25, -0.2) is 4.98 Å². The summed E-state index contributed by atoms with van der Waals surface area (Å²) in [5.74, 6) is 0. The van der Waals surface area contributed by atoms with E-state index in [2.05, 4.69) is 235 Å². The first-order valence-electron chi connectivity index (χ1n) is 21.3. The molecule has 0 N–H and O–H groups in total. The number of benzene rings is 10. The van der Waals surface area contributed by atoms with Crippen LogP contribution < -0.4 is 4.90 Å². The molecule has 0 saturated carbocycles. The molecule has 2 aromatic heterocycles. The SMILES string of the molecule is c1ccc(-c2cccc(N(c3ccc(-c4c5sc(-c6ccccc6)nc5cc5sc6ccccc6c45)cc3)c3ccc(-c4ccc5ccccc5c4)c(-c4ccccc4)c3)c2)cc1. The van der Waals surface area contributed by atoms with Crippen molar-refractivity contribution in [1.29, 1.82) is 0 Å². The van der Waals surface area contributed by atoms with Crippen molar-refractivity contribution in [3.63, 3.8) is 0 Å². The van der Waals surface area contributed by atoms with Crippen molar-refractivity contribution in [1.82, 2.24) is 4.98 Å². The Morgan fingerprint density at radius 3 is 1.78 bits per heavy atom. The fourth-order valence-electron chi connectivity index (χ4n) is 9.07. The molecule has 0 spiro atoms. The van der Waals surface area contributed by atoms with Crippen LogP contribution in [-0.2, 0) is 0 Å². The summed E-state index contributed by atoms with van der Waals surface area (Å²) >= 11 is 3.63. The molecule has 0 unspecified atom stereocenters. The minimum Gasteiger partial charge on any atom is -0.310 e. The maximum absolute atomic E-state index is 5.24. The van der Waals surface area contributed by atoms with Gasteiger partial charge in [0.2, 0.25) is 0 Å². The second-order valence-corrected chi connectivity index (χ2v) is 18.0. The largest absolute Gasteiger partial charge is 0.310 e. The lowest BCUT2D eigenvalue weighted by atomic mass is 9.92. The van der Waals surface area contributed by atoms with Crippen LogP contribution in [0.25, 0.3) is 96.2 Å². The highest BCUT2D eigenvalue weighted by atomic mass is 32.1. The van der Waals surface area contributed by atoms with Crippen LogP contribution in [0.1, 0.15) is 0 Å². The normalized spacial score (nSPS) is 11.5. The van der Waals surface area contributed by atoms with E-state index in [-0.39, 0.29) is 0 Å². The quantitative estimate of drug-likeness (QED) is 0.152. The molecule has 2 nitrogen and oxygen atoms in total. The number of thiophene rings is 1. The Bertz CT molecular complexity index is 3610. The molecular weight excluding hydrogens is 801 g/mol. The third kappa shape index (κ3) is 6.77. The van der Waals surface area contributed by atoms with E-state index in [9.17, 15) is 0 Å². The molecule has 0 saturated heterocycles. The Morgan fingerprint density at radius 1 is 0.349 bits per heavy atom. The van der Waals surface area contributed by atoms with Crippen LogP contribution in [0.3, 0.4) is 0 Å². The zero-order valence-electron chi connectivity index (χ0n) is 34.2. The number of aromatic nitrogens is 1. The van der Waals surface area contributed by atoms with Gasteiger partial charge >= 0.3 is 0 Å². The second kappa shape index (κ2) is 15.7. The molecule has 63 heavy (non-hydrogen) atoms. The lowest BCUT2D eigenvalue weighted by molar-refractivity contribution is 1.28. The maximum atomic E-state index is 5.24. The predicted molar refractivity (Wildman–Crippen MR) is 272 cm³/mol. The topological polar surface area (TPSA) is 16.1 Å². The third-order valence-corrected chi connectivity index (χ3v) is 14.3. The first kappa shape index (κ1) is 37.2. The smallest absolute Gasteiger partial charge is 0.124 e. The molecule has 12 rings (SSSR count). The third-order valence-electron chi connectivity index (χ3n) is 12.1. The van der Waals surface area contributed by atoms with Crippen molar-refractivity contribution in [3.8, 4) is 55.1 Å². The predicted octanol–water partition coefficient (Wildman–Crippen LogP) is 17.6. The van der Waals surface area contributed by atoms with Crippen LogP contribution >= 0.6 is 22.7 Å². The Hall–Kier alpha value is -7.63. The fourth-order valence-corrected chi connectivity index (χ4v) is 11.3. The van der Waals surface area contributed by atoms with E-state index in [0.717, 1.165) is 33.1 Å². The van der Waals surface area contributed by atoms with Gasteiger partial charge in [-0.2, -0.15) is 0 Å². The van der Waals surface area contributed by atoms with Gasteiger partial charge in [0.25, 0.3) is 0 Å². The number of hydrogen-bond donors (Lipinski definition) is 0. The van der Waals surface area contributed by atoms with Crippen molar-refractivity contribution in [2.24, 2.45) is 0 Å². The van der Waals surface area contributed by atoms with Crippen LogP contribution in [-0.4, -0.2) is 4.98 Å². The van der Waals surface area contributed by atoms with Gasteiger partial charge in [0, 0.05) is 48.4 Å². The van der Waals surface area contributed by atoms with Gasteiger partial charge in [-0.15, -0.1) is 22.7 Å². The summed E-state index contributed by atoms with van der Waals surface area (Å²) in [6.45, 7) is 0. The summed E-state index contributed by atoms with van der Waals surface area (Å²) in [5.41, 5.74) is 15.0. The van der Waals surface area contributed by atoms with Crippen molar-refractivity contribution >= 4 is 80.9 Å². The Labute approximate surface area is 374 Å².